The maximum Gasteiger partial charge on any atom is 0.271 e. The van der Waals surface area contributed by atoms with Crippen LogP contribution < -0.4 is 9.30 Å². The summed E-state index contributed by atoms with van der Waals surface area (Å²) in [6, 6.07) is 58.3. The maximum absolute atomic E-state index is 8.65. The highest BCUT2D eigenvalue weighted by atomic mass is 16.5. The van der Waals surface area contributed by atoms with Gasteiger partial charge in [-0.1, -0.05) is 172 Å². The van der Waals surface area contributed by atoms with Crippen LogP contribution in [0.1, 0.15) is 42.9 Å². The second-order valence-electron chi connectivity index (χ2n) is 18.3. The van der Waals surface area contributed by atoms with Gasteiger partial charge in [0.2, 0.25) is 0 Å². The number of nitrogens with zero attached hydrogens (tertiary/aromatic N) is 5. The lowest BCUT2D eigenvalue weighted by Crippen LogP contribution is -2.34. The van der Waals surface area contributed by atoms with Crippen molar-refractivity contribution in [3.63, 3.8) is 0 Å². The van der Waals surface area contributed by atoms with E-state index < -0.39 is 37.1 Å². The molecule has 0 spiro atoms. The molecule has 0 unspecified atom stereocenters. The van der Waals surface area contributed by atoms with Crippen LogP contribution in [-0.4, -0.2) is 19.1 Å². The van der Waals surface area contributed by atoms with Gasteiger partial charge in [0.1, 0.15) is 17.3 Å². The zero-order valence-electron chi connectivity index (χ0n) is 46.6. The van der Waals surface area contributed by atoms with E-state index in [1.165, 1.54) is 12.3 Å². The van der Waals surface area contributed by atoms with Crippen LogP contribution in [0.5, 0.6) is 11.5 Å². The molecule has 70 heavy (non-hydrogen) atoms. The van der Waals surface area contributed by atoms with Crippen molar-refractivity contribution in [3.8, 4) is 73.3 Å². The van der Waals surface area contributed by atoms with E-state index in [0.29, 0.717) is 22.8 Å². The predicted molar refractivity (Wildman–Crippen MR) is 285 cm³/mol. The van der Waals surface area contributed by atoms with Crippen LogP contribution in [0.4, 0.5) is 0 Å². The van der Waals surface area contributed by atoms with Crippen LogP contribution in [-0.2, 0) is 5.41 Å². The van der Waals surface area contributed by atoms with E-state index in [0.717, 1.165) is 72.0 Å². The Labute approximate surface area is 419 Å². The van der Waals surface area contributed by atoms with E-state index in [9.17, 15) is 0 Å². The van der Waals surface area contributed by atoms with Gasteiger partial charge in [-0.3, -0.25) is 18.7 Å². The fourth-order valence-corrected chi connectivity index (χ4v) is 9.53. The molecule has 0 saturated carbocycles. The minimum Gasteiger partial charge on any atom is -0.458 e. The van der Waals surface area contributed by atoms with Gasteiger partial charge >= 0.3 is 0 Å². The number of rotatable bonds is 9. The molecule has 12 aromatic rings. The van der Waals surface area contributed by atoms with E-state index in [4.69, 9.17) is 25.7 Å². The summed E-state index contributed by atoms with van der Waals surface area (Å²) in [7, 11) is 0. The minimum absolute atomic E-state index is 0.0721. The lowest BCUT2D eigenvalue weighted by atomic mass is 9.82. The number of hydrogen-bond acceptors (Lipinski definition) is 3. The summed E-state index contributed by atoms with van der Waals surface area (Å²) < 4.78 is 80.4. The Balaban J connectivity index is 0.965. The minimum atomic E-state index is -2.75. The highest BCUT2D eigenvalue weighted by Crippen LogP contribution is 2.40. The van der Waals surface area contributed by atoms with Crippen LogP contribution in [0.3, 0.4) is 0 Å². The number of benzene rings is 8. The zero-order chi connectivity index (χ0) is 54.2. The van der Waals surface area contributed by atoms with Gasteiger partial charge in [-0.2, -0.15) is 0 Å². The Hall–Kier alpha value is -8.87. The van der Waals surface area contributed by atoms with Crippen LogP contribution in [0, 0.1) is 13.2 Å². The molecule has 6 heteroatoms. The lowest BCUT2D eigenvalue weighted by Gasteiger charge is -2.26. The zero-order valence-corrected chi connectivity index (χ0v) is 38.6. The molecule has 8 aromatic carbocycles. The molecule has 0 aliphatic heterocycles. The molecule has 12 rings (SSSR count). The van der Waals surface area contributed by atoms with Gasteiger partial charge in [0, 0.05) is 45.0 Å². The number of para-hydroxylation sites is 4. The van der Waals surface area contributed by atoms with Gasteiger partial charge in [-0.15, -0.1) is 0 Å². The van der Waals surface area contributed by atoms with Crippen LogP contribution >= 0.6 is 0 Å². The average Bonchev–Trinajstić information content (AvgIpc) is 4.17. The first-order valence-electron chi connectivity index (χ1n) is 27.1. The summed E-state index contributed by atoms with van der Waals surface area (Å²) in [5, 5.41) is 1.74. The molecule has 0 aliphatic carbocycles. The number of aryl methyl sites for hydroxylation is 1. The van der Waals surface area contributed by atoms with Crippen molar-refractivity contribution in [2.24, 2.45) is 0 Å². The molecule has 4 aromatic heterocycles. The predicted octanol–water partition coefficient (Wildman–Crippen LogP) is 15.7. The van der Waals surface area contributed by atoms with Crippen LogP contribution in [0.25, 0.3) is 94.7 Å². The fourth-order valence-electron chi connectivity index (χ4n) is 9.53. The average molecular weight is 912 g/mol. The SMILES string of the molecule is [2H]c1c([2H])c([2H])c(-c2cnc(-n3c4ccccc4c4ccc(Oc5ccnc(-n6[c-][n+](-c7c(-c8cc(-c9ccccc9)cc(-c9ccccc9)c8)cccc7C(C)(C)C)c7ccccc76)c5)cc43)cc2C([2H])([2H])[2H])c([2H])c1[2H]. The molecule has 0 amide bonds. The topological polar surface area (TPSA) is 48.8 Å². The molecule has 0 atom stereocenters. The maximum atomic E-state index is 8.65. The third-order valence-electron chi connectivity index (χ3n) is 12.8. The number of aromatic nitrogens is 5. The second kappa shape index (κ2) is 17.3. The monoisotopic (exact) mass is 911 g/mol. The van der Waals surface area contributed by atoms with Crippen molar-refractivity contribution in [3.05, 3.63) is 242 Å². The van der Waals surface area contributed by atoms with Gasteiger partial charge in [0.25, 0.3) is 6.33 Å². The van der Waals surface area contributed by atoms with Gasteiger partial charge in [-0.05, 0) is 111 Å². The highest BCUT2D eigenvalue weighted by Gasteiger charge is 2.26. The molecule has 336 valence electrons. The smallest absolute Gasteiger partial charge is 0.271 e. The quantitative estimate of drug-likeness (QED) is 0.107. The Kier molecular flexibility index (Phi) is 8.52. The first-order valence-corrected chi connectivity index (χ1v) is 23.1. The Morgan fingerprint density at radius 3 is 1.96 bits per heavy atom. The molecule has 0 fully saturated rings. The molecular formula is C64H49N5O. The molecule has 6 nitrogen and oxygen atoms in total. The van der Waals surface area contributed by atoms with Crippen molar-refractivity contribution in [1.82, 2.24) is 19.1 Å². The number of ether oxygens (including phenoxy) is 1. The van der Waals surface area contributed by atoms with Gasteiger partial charge in [-0.25, -0.2) is 4.98 Å². The molecule has 0 aliphatic rings. The number of pyridine rings is 2. The Morgan fingerprint density at radius 2 is 1.21 bits per heavy atom. The first-order chi connectivity index (χ1) is 37.5. The largest absolute Gasteiger partial charge is 0.458 e. The van der Waals surface area contributed by atoms with E-state index in [2.05, 4.69) is 129 Å². The third-order valence-corrected chi connectivity index (χ3v) is 12.8. The van der Waals surface area contributed by atoms with Crippen LogP contribution in [0.15, 0.2) is 225 Å². The summed E-state index contributed by atoms with van der Waals surface area (Å²) in [5.74, 6) is 1.83. The molecule has 4 heterocycles. The summed E-state index contributed by atoms with van der Waals surface area (Å²) in [4.78, 5) is 9.63. The molecule has 0 radical (unpaired) electrons. The standard InChI is InChI=1S/C64H49N5O/c1-43-35-62(66-41-55(43)46-23-12-7-13-24-46)69-57-28-15-14-25-53(57)54-32-31-50(39-60(54)69)70-51-33-34-65-61(40-51)67-42-68(59-30-17-16-29-58(59)67)63-52(26-18-27-56(63)64(2,3)4)49-37-47(44-19-8-5-9-20-44)36-48(38-49)45-21-10-6-11-22-45/h5-41H,1-4H3/i1D3,7D,12D,13D,23D,24D. The van der Waals surface area contributed by atoms with E-state index in [1.54, 1.807) is 12.3 Å². The van der Waals surface area contributed by atoms with Gasteiger partial charge in [0.15, 0.2) is 5.82 Å². The summed E-state index contributed by atoms with van der Waals surface area (Å²) >= 11 is 0. The van der Waals surface area contributed by atoms with Gasteiger partial charge in [0.05, 0.1) is 34.6 Å². The van der Waals surface area contributed by atoms with Crippen molar-refractivity contribution >= 4 is 32.8 Å². The van der Waals surface area contributed by atoms with E-state index >= 15 is 0 Å². The van der Waals surface area contributed by atoms with E-state index in [1.807, 2.05) is 81.9 Å². The summed E-state index contributed by atoms with van der Waals surface area (Å²) in [6.07, 6.45) is 6.74. The molecule has 0 N–H and O–H groups in total. The highest BCUT2D eigenvalue weighted by molar-refractivity contribution is 6.09. The summed E-state index contributed by atoms with van der Waals surface area (Å²) in [6.45, 7) is 3.96. The Morgan fingerprint density at radius 1 is 0.543 bits per heavy atom. The van der Waals surface area contributed by atoms with Crippen LogP contribution in [0.2, 0.25) is 0 Å². The molecule has 0 bridgehead atoms. The number of hydrogen-bond donors (Lipinski definition) is 0. The Bertz CT molecular complexity index is 4250. The van der Waals surface area contributed by atoms with Crippen molar-refractivity contribution in [1.29, 1.82) is 0 Å². The first kappa shape index (κ1) is 34.4. The normalized spacial score (nSPS) is 13.5. The summed E-state index contributed by atoms with van der Waals surface area (Å²) in [5.41, 5.74) is 11.2. The van der Waals surface area contributed by atoms with E-state index in [-0.39, 0.29) is 27.9 Å². The number of fused-ring (bicyclic) bond motifs is 4. The molecular weight excluding hydrogens is 855 g/mol. The van der Waals surface area contributed by atoms with Crippen molar-refractivity contribution in [2.45, 2.75) is 33.0 Å². The van der Waals surface area contributed by atoms with Gasteiger partial charge < -0.3 is 4.74 Å². The lowest BCUT2D eigenvalue weighted by molar-refractivity contribution is -0.572. The third kappa shape index (κ3) is 7.70. The van der Waals surface area contributed by atoms with Crippen molar-refractivity contribution < 1.29 is 20.3 Å². The molecule has 0 saturated heterocycles. The number of imidazole rings is 1. The second-order valence-corrected chi connectivity index (χ2v) is 18.3. The van der Waals surface area contributed by atoms with Crippen molar-refractivity contribution in [2.75, 3.05) is 0 Å². The fraction of sp³-hybridized carbons (Fsp3) is 0.0781.